The van der Waals surface area contributed by atoms with Crippen LogP contribution in [0.25, 0.3) is 0 Å². The van der Waals surface area contributed by atoms with E-state index in [9.17, 15) is 13.6 Å². The predicted molar refractivity (Wildman–Crippen MR) is 67.0 cm³/mol. The van der Waals surface area contributed by atoms with Gasteiger partial charge in [-0.25, -0.2) is 13.8 Å². The van der Waals surface area contributed by atoms with Crippen LogP contribution < -0.4 is 11.1 Å². The number of alkyl halides is 2. The van der Waals surface area contributed by atoms with Crippen molar-refractivity contribution in [3.8, 4) is 0 Å². The molecule has 1 aromatic rings. The predicted octanol–water partition coefficient (Wildman–Crippen LogP) is 1.67. The van der Waals surface area contributed by atoms with Gasteiger partial charge in [0.05, 0.1) is 18.1 Å². The Morgan fingerprint density at radius 1 is 1.61 bits per heavy atom. The van der Waals surface area contributed by atoms with Gasteiger partial charge in [0.2, 0.25) is 0 Å². The number of thiazole rings is 1. The molecule has 0 bridgehead atoms. The number of aromatic nitrogens is 1. The van der Waals surface area contributed by atoms with Gasteiger partial charge in [-0.05, 0) is 5.92 Å². The molecule has 0 aliphatic rings. The molecule has 1 amide bonds. The maximum atomic E-state index is 12.8. The fourth-order valence-electron chi connectivity index (χ4n) is 1.23. The molecule has 0 fully saturated rings. The minimum Gasteiger partial charge on any atom is -0.345 e. The second kappa shape index (κ2) is 6.19. The van der Waals surface area contributed by atoms with E-state index in [1.807, 2.05) is 13.8 Å². The summed E-state index contributed by atoms with van der Waals surface area (Å²) in [7, 11) is 0. The third-order valence-corrected chi connectivity index (χ3v) is 3.04. The summed E-state index contributed by atoms with van der Waals surface area (Å²) in [6.45, 7) is 2.54. The molecule has 0 aliphatic heterocycles. The summed E-state index contributed by atoms with van der Waals surface area (Å²) in [5.41, 5.74) is 5.06. The fourth-order valence-corrected chi connectivity index (χ4v) is 2.22. The van der Waals surface area contributed by atoms with Crippen molar-refractivity contribution in [2.24, 2.45) is 11.7 Å². The van der Waals surface area contributed by atoms with Gasteiger partial charge >= 0.3 is 0 Å². The Morgan fingerprint density at radius 3 is 2.83 bits per heavy atom. The highest BCUT2D eigenvalue weighted by Crippen LogP contribution is 2.15. The average molecular weight is 277 g/mol. The molecule has 102 valence electrons. The molecule has 0 aromatic carbocycles. The monoisotopic (exact) mass is 277 g/mol. The number of hydrogen-bond donors (Lipinski definition) is 2. The Morgan fingerprint density at radius 2 is 2.28 bits per heavy atom. The number of nitrogens with zero attached hydrogens (tertiary/aromatic N) is 1. The number of nitrogens with two attached hydrogens (primary N) is 1. The molecule has 1 rings (SSSR count). The molecule has 1 heterocycles. The van der Waals surface area contributed by atoms with Crippen molar-refractivity contribution in [2.75, 3.05) is 13.1 Å². The molecule has 7 heteroatoms. The largest absolute Gasteiger partial charge is 0.345 e. The van der Waals surface area contributed by atoms with Gasteiger partial charge in [0, 0.05) is 11.8 Å². The molecule has 3 N–H and O–H groups in total. The van der Waals surface area contributed by atoms with E-state index in [1.54, 1.807) is 5.38 Å². The highest BCUT2D eigenvalue weighted by molar-refractivity contribution is 7.09. The second-order valence-electron chi connectivity index (χ2n) is 4.47. The Labute approximate surface area is 109 Å². The van der Waals surface area contributed by atoms with Gasteiger partial charge in [0.1, 0.15) is 5.69 Å². The third kappa shape index (κ3) is 4.66. The number of halogens is 2. The lowest BCUT2D eigenvalue weighted by atomic mass is 10.1. The van der Waals surface area contributed by atoms with Gasteiger partial charge in [-0.2, -0.15) is 0 Å². The summed E-state index contributed by atoms with van der Waals surface area (Å²) in [5, 5.41) is 4.54. The van der Waals surface area contributed by atoms with Crippen LogP contribution in [0.2, 0.25) is 0 Å². The number of amides is 1. The van der Waals surface area contributed by atoms with Crippen molar-refractivity contribution in [1.82, 2.24) is 10.3 Å². The molecule has 0 aliphatic carbocycles. The fraction of sp³-hybridized carbons (Fsp3) is 0.636. The standard InChI is InChI=1S/C11H17F2N3OS/c1-7(2)3-9-16-8(4-18-9)10(17)15-6-11(12,13)5-14/h4,7H,3,5-6,14H2,1-2H3,(H,15,17). The van der Waals surface area contributed by atoms with Crippen LogP contribution in [0.1, 0.15) is 29.3 Å². The van der Waals surface area contributed by atoms with E-state index in [-0.39, 0.29) is 5.69 Å². The van der Waals surface area contributed by atoms with Crippen molar-refractivity contribution in [3.63, 3.8) is 0 Å². The third-order valence-electron chi connectivity index (χ3n) is 2.17. The Bertz CT molecular complexity index is 407. The van der Waals surface area contributed by atoms with Gasteiger partial charge < -0.3 is 11.1 Å². The first-order valence-electron chi connectivity index (χ1n) is 5.64. The smallest absolute Gasteiger partial charge is 0.277 e. The van der Waals surface area contributed by atoms with E-state index in [0.717, 1.165) is 11.4 Å². The van der Waals surface area contributed by atoms with Gasteiger partial charge in [0.15, 0.2) is 0 Å². The van der Waals surface area contributed by atoms with Gasteiger partial charge in [-0.15, -0.1) is 11.3 Å². The lowest BCUT2D eigenvalue weighted by Gasteiger charge is -2.13. The maximum Gasteiger partial charge on any atom is 0.277 e. The maximum absolute atomic E-state index is 12.8. The SMILES string of the molecule is CC(C)Cc1nc(C(=O)NCC(F)(F)CN)cs1. The minimum atomic E-state index is -3.08. The van der Waals surface area contributed by atoms with Crippen molar-refractivity contribution in [1.29, 1.82) is 0 Å². The van der Waals surface area contributed by atoms with Crippen LogP contribution in [0, 0.1) is 5.92 Å². The Kier molecular flexibility index (Phi) is 5.15. The zero-order chi connectivity index (χ0) is 13.8. The van der Waals surface area contributed by atoms with E-state index in [0.29, 0.717) is 5.92 Å². The van der Waals surface area contributed by atoms with Crippen LogP contribution in [-0.4, -0.2) is 29.9 Å². The van der Waals surface area contributed by atoms with Crippen LogP contribution in [0.4, 0.5) is 8.78 Å². The Hall–Kier alpha value is -1.08. The first kappa shape index (κ1) is 15.0. The molecule has 0 saturated heterocycles. The number of nitrogens with one attached hydrogen (secondary N) is 1. The summed E-state index contributed by atoms with van der Waals surface area (Å²) in [6.07, 6.45) is 0.775. The van der Waals surface area contributed by atoms with Crippen LogP contribution >= 0.6 is 11.3 Å². The molecule has 1 aromatic heterocycles. The molecular formula is C11H17F2N3OS. The van der Waals surface area contributed by atoms with Crippen LogP contribution in [0.15, 0.2) is 5.38 Å². The summed E-state index contributed by atoms with van der Waals surface area (Å²) < 4.78 is 25.7. The van der Waals surface area contributed by atoms with Gasteiger partial charge in [0.25, 0.3) is 11.8 Å². The van der Waals surface area contributed by atoms with Crippen molar-refractivity contribution in [2.45, 2.75) is 26.2 Å². The highest BCUT2D eigenvalue weighted by Gasteiger charge is 2.27. The number of carbonyl (C=O) groups is 1. The topological polar surface area (TPSA) is 68.0 Å². The van der Waals surface area contributed by atoms with E-state index >= 15 is 0 Å². The molecule has 18 heavy (non-hydrogen) atoms. The number of hydrogen-bond acceptors (Lipinski definition) is 4. The lowest BCUT2D eigenvalue weighted by Crippen LogP contribution is -2.41. The summed E-state index contributed by atoms with van der Waals surface area (Å²) in [6, 6.07) is 0. The van der Waals surface area contributed by atoms with Crippen molar-refractivity contribution in [3.05, 3.63) is 16.1 Å². The normalized spacial score (nSPS) is 11.9. The zero-order valence-corrected chi connectivity index (χ0v) is 11.2. The number of rotatable bonds is 6. The summed E-state index contributed by atoms with van der Waals surface area (Å²) in [4.78, 5) is 15.7. The van der Waals surface area contributed by atoms with Crippen LogP contribution in [0.3, 0.4) is 0 Å². The quantitative estimate of drug-likeness (QED) is 0.831. The van der Waals surface area contributed by atoms with Crippen LogP contribution in [0.5, 0.6) is 0 Å². The molecular weight excluding hydrogens is 260 g/mol. The number of carbonyl (C=O) groups excluding carboxylic acids is 1. The van der Waals surface area contributed by atoms with Crippen LogP contribution in [-0.2, 0) is 6.42 Å². The zero-order valence-electron chi connectivity index (χ0n) is 10.4. The molecule has 0 radical (unpaired) electrons. The molecule has 0 atom stereocenters. The summed E-state index contributed by atoms with van der Waals surface area (Å²) >= 11 is 1.36. The molecule has 0 unspecified atom stereocenters. The molecule has 4 nitrogen and oxygen atoms in total. The minimum absolute atomic E-state index is 0.184. The van der Waals surface area contributed by atoms with Gasteiger partial charge in [-0.3, -0.25) is 4.79 Å². The van der Waals surface area contributed by atoms with Crippen molar-refractivity contribution < 1.29 is 13.6 Å². The van der Waals surface area contributed by atoms with E-state index in [2.05, 4.69) is 10.3 Å². The van der Waals surface area contributed by atoms with E-state index in [4.69, 9.17) is 5.73 Å². The second-order valence-corrected chi connectivity index (χ2v) is 5.41. The van der Waals surface area contributed by atoms with Crippen molar-refractivity contribution >= 4 is 17.2 Å². The first-order valence-corrected chi connectivity index (χ1v) is 6.52. The lowest BCUT2D eigenvalue weighted by molar-refractivity contribution is 0.0118. The molecule has 0 spiro atoms. The Balaban J connectivity index is 2.54. The summed E-state index contributed by atoms with van der Waals surface area (Å²) in [5.74, 6) is -3.23. The molecule has 0 saturated carbocycles. The highest BCUT2D eigenvalue weighted by atomic mass is 32.1. The average Bonchev–Trinajstić information content (AvgIpc) is 2.73. The van der Waals surface area contributed by atoms with Gasteiger partial charge in [-0.1, -0.05) is 13.8 Å². The van der Waals surface area contributed by atoms with E-state index in [1.165, 1.54) is 11.3 Å². The first-order chi connectivity index (χ1) is 8.34. The van der Waals surface area contributed by atoms with E-state index < -0.39 is 24.9 Å².